The van der Waals surface area contributed by atoms with Crippen LogP contribution in [0.2, 0.25) is 0 Å². The molecule has 0 aliphatic carbocycles. The van der Waals surface area contributed by atoms with Crippen molar-refractivity contribution in [2.75, 3.05) is 7.05 Å². The number of hydrogen-bond acceptors (Lipinski definition) is 2. The van der Waals surface area contributed by atoms with E-state index >= 15 is 0 Å². The van der Waals surface area contributed by atoms with E-state index < -0.39 is 0 Å². The Balaban J connectivity index is 5.23. The molecular formula is C16H31BN2O2. The second kappa shape index (κ2) is 7.86. The third-order valence-electron chi connectivity index (χ3n) is 5.37. The first-order chi connectivity index (χ1) is 9.48. The van der Waals surface area contributed by atoms with Gasteiger partial charge in [-0.3, -0.25) is 9.59 Å². The van der Waals surface area contributed by atoms with Crippen LogP contribution in [-0.2, 0) is 9.59 Å². The molecule has 4 atom stereocenters. The SMILES string of the molecule is [B]N(C)C(=O)C(C)C(C)(CC)C(C)CC(C(N)=O)C(C)C. The first kappa shape index (κ1) is 20.0. The van der Waals surface area contributed by atoms with Crippen molar-refractivity contribution >= 4 is 19.8 Å². The molecule has 0 rings (SSSR count). The molecule has 2 N–H and O–H groups in total. The van der Waals surface area contributed by atoms with Gasteiger partial charge in [0, 0.05) is 11.8 Å². The molecular weight excluding hydrogens is 263 g/mol. The van der Waals surface area contributed by atoms with Crippen molar-refractivity contribution < 1.29 is 9.59 Å². The van der Waals surface area contributed by atoms with Crippen molar-refractivity contribution in [3.05, 3.63) is 0 Å². The Bertz CT molecular complexity index is 371. The van der Waals surface area contributed by atoms with Gasteiger partial charge in [-0.05, 0) is 37.1 Å². The van der Waals surface area contributed by atoms with Gasteiger partial charge in [-0.1, -0.05) is 41.5 Å². The molecule has 0 aromatic carbocycles. The lowest BCUT2D eigenvalue weighted by atomic mass is 9.63. The van der Waals surface area contributed by atoms with Crippen LogP contribution in [0.1, 0.15) is 54.4 Å². The third kappa shape index (κ3) is 4.75. The van der Waals surface area contributed by atoms with Crippen LogP contribution in [0.5, 0.6) is 0 Å². The van der Waals surface area contributed by atoms with E-state index in [0.717, 1.165) is 11.2 Å². The van der Waals surface area contributed by atoms with Crippen molar-refractivity contribution in [2.45, 2.75) is 54.4 Å². The first-order valence-electron chi connectivity index (χ1n) is 7.80. The van der Waals surface area contributed by atoms with E-state index in [1.807, 2.05) is 20.8 Å². The number of primary amides is 1. The summed E-state index contributed by atoms with van der Waals surface area (Å²) < 4.78 is 0. The third-order valence-corrected chi connectivity index (χ3v) is 5.37. The molecule has 0 aliphatic rings. The van der Waals surface area contributed by atoms with Crippen molar-refractivity contribution in [1.29, 1.82) is 0 Å². The van der Waals surface area contributed by atoms with E-state index in [1.165, 1.54) is 0 Å². The van der Waals surface area contributed by atoms with Crippen LogP contribution in [0, 0.1) is 29.1 Å². The molecule has 2 amide bonds. The molecule has 0 spiro atoms. The molecule has 0 aromatic heterocycles. The number of rotatable bonds is 8. The first-order valence-corrected chi connectivity index (χ1v) is 7.80. The topological polar surface area (TPSA) is 63.4 Å². The van der Waals surface area contributed by atoms with E-state index in [4.69, 9.17) is 13.7 Å². The summed E-state index contributed by atoms with van der Waals surface area (Å²) in [7, 11) is 7.17. The monoisotopic (exact) mass is 294 g/mol. The molecule has 0 saturated heterocycles. The minimum Gasteiger partial charge on any atom is -0.399 e. The molecule has 2 radical (unpaired) electrons. The average Bonchev–Trinajstić information content (AvgIpc) is 2.40. The summed E-state index contributed by atoms with van der Waals surface area (Å²) in [5.41, 5.74) is 5.31. The summed E-state index contributed by atoms with van der Waals surface area (Å²) in [6.45, 7) is 12.2. The minimum atomic E-state index is -0.259. The summed E-state index contributed by atoms with van der Waals surface area (Å²) in [6.07, 6.45) is 1.54. The fourth-order valence-electron chi connectivity index (χ4n) is 3.04. The van der Waals surface area contributed by atoms with Gasteiger partial charge < -0.3 is 10.5 Å². The highest BCUT2D eigenvalue weighted by atomic mass is 16.2. The van der Waals surface area contributed by atoms with Crippen LogP contribution in [0.3, 0.4) is 0 Å². The number of hydrogen-bond donors (Lipinski definition) is 1. The van der Waals surface area contributed by atoms with Gasteiger partial charge in [0.25, 0.3) is 0 Å². The van der Waals surface area contributed by atoms with Gasteiger partial charge >= 0.3 is 0 Å². The molecule has 4 unspecified atom stereocenters. The smallest absolute Gasteiger partial charge is 0.230 e. The molecule has 0 saturated carbocycles. The Labute approximate surface area is 131 Å². The van der Waals surface area contributed by atoms with Crippen LogP contribution < -0.4 is 5.73 Å². The van der Waals surface area contributed by atoms with Crippen molar-refractivity contribution in [3.63, 3.8) is 0 Å². The second-order valence-corrected chi connectivity index (χ2v) is 6.92. The van der Waals surface area contributed by atoms with Gasteiger partial charge in [0.15, 0.2) is 0 Å². The molecule has 0 aliphatic heterocycles. The molecule has 0 fully saturated rings. The average molecular weight is 294 g/mol. The normalized spacial score (nSPS) is 18.7. The lowest BCUT2D eigenvalue weighted by Gasteiger charge is -2.42. The lowest BCUT2D eigenvalue weighted by Crippen LogP contribution is -2.43. The largest absolute Gasteiger partial charge is 0.399 e. The fraction of sp³-hybridized carbons (Fsp3) is 0.875. The van der Waals surface area contributed by atoms with Crippen LogP contribution in [0.25, 0.3) is 0 Å². The summed E-state index contributed by atoms with van der Waals surface area (Å²) >= 11 is 0. The van der Waals surface area contributed by atoms with Crippen LogP contribution in [0.4, 0.5) is 0 Å². The Morgan fingerprint density at radius 2 is 1.71 bits per heavy atom. The number of amides is 2. The number of nitrogens with zero attached hydrogens (tertiary/aromatic N) is 1. The van der Waals surface area contributed by atoms with Gasteiger partial charge in [-0.25, -0.2) is 0 Å². The zero-order valence-electron chi connectivity index (χ0n) is 14.6. The maximum absolute atomic E-state index is 12.2. The zero-order chi connectivity index (χ0) is 17.0. The van der Waals surface area contributed by atoms with Crippen molar-refractivity contribution in [2.24, 2.45) is 34.8 Å². The summed E-state index contributed by atoms with van der Waals surface area (Å²) in [4.78, 5) is 25.0. The molecule has 4 nitrogen and oxygen atoms in total. The van der Waals surface area contributed by atoms with Crippen LogP contribution in [-0.4, -0.2) is 31.7 Å². The highest BCUT2D eigenvalue weighted by Crippen LogP contribution is 2.43. The Hall–Kier alpha value is -0.995. The number of nitrogens with two attached hydrogens (primary N) is 1. The molecule has 21 heavy (non-hydrogen) atoms. The van der Waals surface area contributed by atoms with E-state index in [9.17, 15) is 9.59 Å². The van der Waals surface area contributed by atoms with Crippen LogP contribution in [0.15, 0.2) is 0 Å². The molecule has 0 bridgehead atoms. The highest BCUT2D eigenvalue weighted by Gasteiger charge is 2.41. The van der Waals surface area contributed by atoms with E-state index in [2.05, 4.69) is 20.8 Å². The number of carbonyl (C=O) groups is 2. The summed E-state index contributed by atoms with van der Waals surface area (Å²) in [5.74, 6) is -0.302. The Morgan fingerprint density at radius 1 is 1.24 bits per heavy atom. The van der Waals surface area contributed by atoms with Gasteiger partial charge in [0.1, 0.15) is 0 Å². The van der Waals surface area contributed by atoms with E-state index in [-0.39, 0.29) is 40.9 Å². The molecule has 120 valence electrons. The fourth-order valence-corrected chi connectivity index (χ4v) is 3.04. The summed E-state index contributed by atoms with van der Waals surface area (Å²) in [6, 6.07) is 0. The van der Waals surface area contributed by atoms with Crippen molar-refractivity contribution in [1.82, 2.24) is 4.81 Å². The van der Waals surface area contributed by atoms with E-state index in [1.54, 1.807) is 7.05 Å². The van der Waals surface area contributed by atoms with Gasteiger partial charge in [-0.15, -0.1) is 0 Å². The standard InChI is InChI=1S/C16H31BN2O2/c1-8-16(6,12(5)15(21)19(7)17)11(4)9-13(10(2)3)14(18)20/h10-13H,8-9H2,1-7H3,(H2,18,20). The molecule has 0 heterocycles. The Kier molecular flexibility index (Phi) is 7.48. The van der Waals surface area contributed by atoms with Gasteiger partial charge in [0.05, 0.1) is 0 Å². The van der Waals surface area contributed by atoms with Crippen LogP contribution >= 0.6 is 0 Å². The minimum absolute atomic E-state index is 0.0774. The second-order valence-electron chi connectivity index (χ2n) is 6.92. The lowest BCUT2D eigenvalue weighted by molar-refractivity contribution is -0.135. The maximum Gasteiger partial charge on any atom is 0.230 e. The van der Waals surface area contributed by atoms with Crippen molar-refractivity contribution in [3.8, 4) is 0 Å². The molecule has 5 heteroatoms. The molecule has 0 aromatic rings. The highest BCUT2D eigenvalue weighted by molar-refractivity contribution is 6.14. The van der Waals surface area contributed by atoms with E-state index in [0.29, 0.717) is 6.42 Å². The quantitative estimate of drug-likeness (QED) is 0.698. The summed E-state index contributed by atoms with van der Waals surface area (Å²) in [5, 5.41) is 0. The predicted molar refractivity (Wildman–Crippen MR) is 87.4 cm³/mol. The Morgan fingerprint density at radius 3 is 2.00 bits per heavy atom. The predicted octanol–water partition coefficient (Wildman–Crippen LogP) is 2.36. The van der Waals surface area contributed by atoms with Gasteiger partial charge in [0.2, 0.25) is 19.8 Å². The van der Waals surface area contributed by atoms with Gasteiger partial charge in [-0.2, -0.15) is 0 Å². The maximum atomic E-state index is 12.2. The number of carbonyl (C=O) groups excluding carboxylic acids is 2. The zero-order valence-corrected chi connectivity index (χ0v) is 14.6.